The molecule has 0 radical (unpaired) electrons. The standard InChI is InChI=1S/C18H13N5O3S/c24-16(9-11-2-1-3-13(8-11)23(25)26)20-12-4-5-14-15(10-12)22-17(21-14)18-19-6-7-27-18/h1-8,10H,9H2,(H,20,24)(H,21,22)/p+1. The average molecular weight is 380 g/mol. The molecule has 0 unspecified atom stereocenters. The SMILES string of the molecule is O=C(Cc1cccc([N+](=O)[O-])c1)Nc1ccc2nc(-c3[nH+]ccs3)[nH]c2c1. The number of fused-ring (bicyclic) bond motifs is 1. The number of nitro groups is 1. The van der Waals surface area contributed by atoms with Crippen LogP contribution in [0.2, 0.25) is 0 Å². The Kier molecular flexibility index (Phi) is 4.35. The number of thiazole rings is 1. The molecule has 0 saturated heterocycles. The van der Waals surface area contributed by atoms with Crippen molar-refractivity contribution in [3.8, 4) is 10.8 Å². The first-order valence-corrected chi connectivity index (χ1v) is 8.95. The van der Waals surface area contributed by atoms with Crippen LogP contribution in [0.3, 0.4) is 0 Å². The summed E-state index contributed by atoms with van der Waals surface area (Å²) in [7, 11) is 0. The van der Waals surface area contributed by atoms with Gasteiger partial charge in [-0.3, -0.25) is 14.9 Å². The quantitative estimate of drug-likeness (QED) is 0.408. The Morgan fingerprint density at radius 2 is 2.19 bits per heavy atom. The Bertz CT molecular complexity index is 1140. The van der Waals surface area contributed by atoms with Gasteiger partial charge in [-0.15, -0.1) is 0 Å². The number of nitrogens with one attached hydrogen (secondary N) is 3. The van der Waals surface area contributed by atoms with Crippen molar-refractivity contribution < 1.29 is 14.7 Å². The number of benzene rings is 2. The number of H-pyrrole nitrogens is 2. The lowest BCUT2D eigenvalue weighted by molar-refractivity contribution is -0.384. The smallest absolute Gasteiger partial charge is 0.303 e. The number of rotatable bonds is 5. The minimum atomic E-state index is -0.476. The lowest BCUT2D eigenvalue weighted by Gasteiger charge is -2.05. The van der Waals surface area contributed by atoms with Crippen LogP contribution in [0.4, 0.5) is 11.4 Å². The van der Waals surface area contributed by atoms with E-state index in [0.717, 1.165) is 21.9 Å². The van der Waals surface area contributed by atoms with Crippen LogP contribution in [0.25, 0.3) is 21.9 Å². The number of carbonyl (C=O) groups is 1. The number of aromatic amines is 2. The molecule has 0 saturated carbocycles. The van der Waals surface area contributed by atoms with Crippen LogP contribution in [0, 0.1) is 10.1 Å². The lowest BCUT2D eigenvalue weighted by Crippen LogP contribution is -2.14. The van der Waals surface area contributed by atoms with E-state index >= 15 is 0 Å². The van der Waals surface area contributed by atoms with Crippen LogP contribution in [-0.2, 0) is 11.2 Å². The molecule has 0 atom stereocenters. The van der Waals surface area contributed by atoms with Crippen LogP contribution >= 0.6 is 11.3 Å². The maximum absolute atomic E-state index is 12.3. The Labute approximate surface area is 157 Å². The Morgan fingerprint density at radius 3 is 2.96 bits per heavy atom. The number of carbonyl (C=O) groups excluding carboxylic acids is 1. The van der Waals surface area contributed by atoms with Crippen LogP contribution in [-0.4, -0.2) is 20.8 Å². The molecule has 0 fully saturated rings. The Balaban J connectivity index is 1.50. The zero-order chi connectivity index (χ0) is 18.8. The third-order valence-electron chi connectivity index (χ3n) is 3.94. The number of hydrogen-bond acceptors (Lipinski definition) is 5. The van der Waals surface area contributed by atoms with Gasteiger partial charge in [-0.2, -0.15) is 4.98 Å². The van der Waals surface area contributed by atoms with Crippen molar-refractivity contribution in [2.45, 2.75) is 6.42 Å². The van der Waals surface area contributed by atoms with E-state index in [2.05, 4.69) is 20.3 Å². The summed E-state index contributed by atoms with van der Waals surface area (Å²) < 4.78 is 0. The number of nitrogens with zero attached hydrogens (tertiary/aromatic N) is 2. The number of non-ortho nitro benzene ring substituents is 1. The second-order valence-corrected chi connectivity index (χ2v) is 6.78. The number of amides is 1. The third-order valence-corrected chi connectivity index (χ3v) is 4.75. The second kappa shape index (κ2) is 6.96. The van der Waals surface area contributed by atoms with Gasteiger partial charge in [0, 0.05) is 17.8 Å². The molecule has 4 aromatic rings. The first-order chi connectivity index (χ1) is 13.1. The normalized spacial score (nSPS) is 10.8. The number of nitro benzene ring substituents is 1. The minimum Gasteiger partial charge on any atom is -0.332 e. The first-order valence-electron chi connectivity index (χ1n) is 8.07. The van der Waals surface area contributed by atoms with Crippen molar-refractivity contribution in [1.29, 1.82) is 0 Å². The van der Waals surface area contributed by atoms with E-state index in [0.29, 0.717) is 11.3 Å². The predicted octanol–water partition coefficient (Wildman–Crippen LogP) is 3.19. The summed E-state index contributed by atoms with van der Waals surface area (Å²) in [6.45, 7) is 0. The van der Waals surface area contributed by atoms with Crippen LogP contribution < -0.4 is 10.3 Å². The zero-order valence-corrected chi connectivity index (χ0v) is 14.7. The molecule has 0 aliphatic carbocycles. The van der Waals surface area contributed by atoms with Crippen LogP contribution in [0.5, 0.6) is 0 Å². The van der Waals surface area contributed by atoms with Gasteiger partial charge in [0.05, 0.1) is 27.8 Å². The summed E-state index contributed by atoms with van der Waals surface area (Å²) in [5.74, 6) is 0.487. The predicted molar refractivity (Wildman–Crippen MR) is 101 cm³/mol. The number of anilines is 1. The van der Waals surface area contributed by atoms with Gasteiger partial charge in [0.2, 0.25) is 11.7 Å². The molecule has 0 aliphatic rings. The second-order valence-electron chi connectivity index (χ2n) is 5.86. The molecule has 3 N–H and O–H groups in total. The fraction of sp³-hybridized carbons (Fsp3) is 0.0556. The molecule has 2 heterocycles. The van der Waals surface area contributed by atoms with Gasteiger partial charge < -0.3 is 10.3 Å². The summed E-state index contributed by atoms with van der Waals surface area (Å²) in [4.78, 5) is 33.5. The van der Waals surface area contributed by atoms with E-state index < -0.39 is 4.92 Å². The highest BCUT2D eigenvalue weighted by molar-refractivity contribution is 7.12. The van der Waals surface area contributed by atoms with Crippen molar-refractivity contribution in [1.82, 2.24) is 9.97 Å². The van der Waals surface area contributed by atoms with Gasteiger partial charge in [-0.05, 0) is 23.8 Å². The van der Waals surface area contributed by atoms with Crippen LogP contribution in [0.15, 0.2) is 54.0 Å². The molecular formula is C18H14N5O3S+. The molecule has 0 bridgehead atoms. The average Bonchev–Trinajstić information content (AvgIpc) is 3.30. The summed E-state index contributed by atoms with van der Waals surface area (Å²) in [5.41, 5.74) is 2.78. The monoisotopic (exact) mass is 380 g/mol. The molecule has 2 aromatic heterocycles. The molecule has 4 rings (SSSR count). The lowest BCUT2D eigenvalue weighted by atomic mass is 10.1. The fourth-order valence-electron chi connectivity index (χ4n) is 2.74. The zero-order valence-electron chi connectivity index (χ0n) is 13.9. The summed E-state index contributed by atoms with van der Waals surface area (Å²) in [5, 5.41) is 16.5. The van der Waals surface area contributed by atoms with E-state index in [4.69, 9.17) is 0 Å². The number of imidazole rings is 1. The van der Waals surface area contributed by atoms with Gasteiger partial charge in [0.1, 0.15) is 0 Å². The highest BCUT2D eigenvalue weighted by Gasteiger charge is 2.13. The van der Waals surface area contributed by atoms with Crippen LogP contribution in [0.1, 0.15) is 5.56 Å². The van der Waals surface area contributed by atoms with Crippen molar-refractivity contribution in [3.05, 3.63) is 69.7 Å². The molecule has 1 amide bonds. The van der Waals surface area contributed by atoms with Crippen molar-refractivity contribution >= 4 is 39.7 Å². The molecule has 0 spiro atoms. The Hall–Kier alpha value is -3.59. The molecule has 9 heteroatoms. The van der Waals surface area contributed by atoms with Crippen molar-refractivity contribution in [2.75, 3.05) is 5.32 Å². The summed E-state index contributed by atoms with van der Waals surface area (Å²) >= 11 is 1.54. The van der Waals surface area contributed by atoms with E-state index in [1.54, 1.807) is 29.5 Å². The van der Waals surface area contributed by atoms with Gasteiger partial charge in [0.25, 0.3) is 5.69 Å². The minimum absolute atomic E-state index is 0.0305. The van der Waals surface area contributed by atoms with E-state index in [9.17, 15) is 14.9 Å². The van der Waals surface area contributed by atoms with Crippen molar-refractivity contribution in [2.24, 2.45) is 0 Å². The molecule has 2 aromatic carbocycles. The molecule has 8 nitrogen and oxygen atoms in total. The number of aromatic nitrogens is 3. The topological polar surface area (TPSA) is 115 Å². The van der Waals surface area contributed by atoms with Gasteiger partial charge in [-0.25, -0.2) is 4.98 Å². The highest BCUT2D eigenvalue weighted by atomic mass is 32.1. The van der Waals surface area contributed by atoms with E-state index in [1.807, 2.05) is 23.7 Å². The maximum Gasteiger partial charge on any atom is 0.303 e. The first kappa shape index (κ1) is 16.9. The summed E-state index contributed by atoms with van der Waals surface area (Å²) in [6.07, 6.45) is 1.89. The Morgan fingerprint density at radius 1 is 1.30 bits per heavy atom. The van der Waals surface area contributed by atoms with E-state index in [1.165, 1.54) is 12.1 Å². The molecule has 134 valence electrons. The molecule has 27 heavy (non-hydrogen) atoms. The highest BCUT2D eigenvalue weighted by Crippen LogP contribution is 2.23. The molecule has 0 aliphatic heterocycles. The van der Waals surface area contributed by atoms with Gasteiger partial charge in [0.15, 0.2) is 6.20 Å². The third kappa shape index (κ3) is 3.67. The van der Waals surface area contributed by atoms with Crippen molar-refractivity contribution in [3.63, 3.8) is 0 Å². The molecular weight excluding hydrogens is 366 g/mol. The van der Waals surface area contributed by atoms with E-state index in [-0.39, 0.29) is 18.0 Å². The summed E-state index contributed by atoms with van der Waals surface area (Å²) in [6, 6.07) is 11.5. The number of hydrogen-bond donors (Lipinski definition) is 2. The van der Waals surface area contributed by atoms with Gasteiger partial charge >= 0.3 is 5.01 Å². The maximum atomic E-state index is 12.3. The fourth-order valence-corrected chi connectivity index (χ4v) is 3.35. The largest absolute Gasteiger partial charge is 0.332 e. The van der Waals surface area contributed by atoms with Gasteiger partial charge in [-0.1, -0.05) is 23.5 Å².